The van der Waals surface area contributed by atoms with Crippen molar-refractivity contribution < 1.29 is 19.1 Å². The standard InChI is InChI=1S/C47H55N5O4/c1-46(2,3)55-44(53)51-39-11-7-9-34(39)24-41(51)37-23-36(26-48-37)29-15-13-28(14-16-29)30-17-18-32-22-33(20-19-31(32)21-30)38-27-49-43(50-38)42-25-35-10-8-12-40(35)52(42)45(54)56-47(4,5)6/h13-22,26-27,34-35,39-42H,7-12,23-25H2,1-6H3,(H,49,50)/t34-,35-,39-,40-,41-,42-/m0/s1. The van der Waals surface area contributed by atoms with Crippen molar-refractivity contribution in [1.82, 2.24) is 19.8 Å². The van der Waals surface area contributed by atoms with Crippen LogP contribution in [0.3, 0.4) is 0 Å². The van der Waals surface area contributed by atoms with Crippen LogP contribution in [0.25, 0.3) is 38.7 Å². The fourth-order valence-electron chi connectivity index (χ4n) is 10.2. The van der Waals surface area contributed by atoms with Crippen LogP contribution >= 0.6 is 0 Å². The second kappa shape index (κ2) is 13.9. The van der Waals surface area contributed by atoms with Crippen molar-refractivity contribution >= 4 is 34.2 Å². The van der Waals surface area contributed by atoms with Crippen molar-refractivity contribution in [3.8, 4) is 22.4 Å². The number of aromatic nitrogens is 2. The van der Waals surface area contributed by atoms with E-state index in [2.05, 4.69) is 65.6 Å². The molecule has 9 heteroatoms. The molecule has 9 nitrogen and oxygen atoms in total. The monoisotopic (exact) mass is 753 g/mol. The lowest BCUT2D eigenvalue weighted by atomic mass is 9.94. The summed E-state index contributed by atoms with van der Waals surface area (Å²) in [5.74, 6) is 1.86. The predicted molar refractivity (Wildman–Crippen MR) is 221 cm³/mol. The fourth-order valence-corrected chi connectivity index (χ4v) is 10.2. The van der Waals surface area contributed by atoms with E-state index in [4.69, 9.17) is 19.5 Å². The second-order valence-corrected chi connectivity index (χ2v) is 18.8. The lowest BCUT2D eigenvalue weighted by Crippen LogP contribution is -2.47. The molecule has 5 aliphatic rings. The van der Waals surface area contributed by atoms with E-state index in [9.17, 15) is 9.59 Å². The molecule has 4 aromatic rings. The number of rotatable bonds is 5. The van der Waals surface area contributed by atoms with Gasteiger partial charge in [0, 0.05) is 36.0 Å². The molecule has 0 radical (unpaired) electrons. The Balaban J connectivity index is 0.873. The first-order valence-corrected chi connectivity index (χ1v) is 20.8. The van der Waals surface area contributed by atoms with Gasteiger partial charge in [-0.2, -0.15) is 0 Å². The van der Waals surface area contributed by atoms with Gasteiger partial charge < -0.3 is 14.5 Å². The highest BCUT2D eigenvalue weighted by Gasteiger charge is 2.50. The number of carbonyl (C=O) groups is 2. The Morgan fingerprint density at radius 1 is 0.679 bits per heavy atom. The average molecular weight is 754 g/mol. The summed E-state index contributed by atoms with van der Waals surface area (Å²) < 4.78 is 11.8. The molecule has 0 unspecified atom stereocenters. The first-order valence-electron chi connectivity index (χ1n) is 20.8. The summed E-state index contributed by atoms with van der Waals surface area (Å²) in [6, 6.07) is 22.3. The van der Waals surface area contributed by atoms with Gasteiger partial charge in [0.05, 0.1) is 24.0 Å². The van der Waals surface area contributed by atoms with E-state index in [-0.39, 0.29) is 36.4 Å². The van der Waals surface area contributed by atoms with Gasteiger partial charge in [0.2, 0.25) is 0 Å². The van der Waals surface area contributed by atoms with Crippen molar-refractivity contribution in [2.75, 3.05) is 0 Å². The van der Waals surface area contributed by atoms with Crippen LogP contribution in [0.2, 0.25) is 0 Å². The number of amides is 2. The number of nitrogens with zero attached hydrogens (tertiary/aromatic N) is 4. The van der Waals surface area contributed by atoms with Gasteiger partial charge in [0.15, 0.2) is 0 Å². The molecular formula is C47H55N5O4. The third-order valence-electron chi connectivity index (χ3n) is 12.7. The van der Waals surface area contributed by atoms with E-state index < -0.39 is 11.2 Å². The van der Waals surface area contributed by atoms with Gasteiger partial charge in [-0.3, -0.25) is 14.8 Å². The van der Waals surface area contributed by atoms with Crippen molar-refractivity contribution in [3.05, 3.63) is 84.4 Å². The van der Waals surface area contributed by atoms with E-state index >= 15 is 0 Å². The number of aliphatic imine (C=N–C) groups is 1. The number of allylic oxidation sites excluding steroid dienone is 1. The summed E-state index contributed by atoms with van der Waals surface area (Å²) in [6.07, 6.45) is 12.8. The Kier molecular flexibility index (Phi) is 9.13. The molecule has 56 heavy (non-hydrogen) atoms. The highest BCUT2D eigenvalue weighted by atomic mass is 16.6. The molecular weight excluding hydrogens is 699 g/mol. The Morgan fingerprint density at radius 3 is 1.84 bits per heavy atom. The van der Waals surface area contributed by atoms with Gasteiger partial charge in [-0.15, -0.1) is 0 Å². The summed E-state index contributed by atoms with van der Waals surface area (Å²) >= 11 is 0. The third kappa shape index (κ3) is 7.03. The van der Waals surface area contributed by atoms with E-state index in [1.807, 2.05) is 63.7 Å². The minimum absolute atomic E-state index is 0.00291. The molecule has 0 spiro atoms. The number of likely N-dealkylation sites (tertiary alicyclic amines) is 2. The molecule has 4 heterocycles. The zero-order chi connectivity index (χ0) is 38.9. The number of imidazole rings is 1. The molecule has 6 atom stereocenters. The van der Waals surface area contributed by atoms with Crippen molar-refractivity contribution in [1.29, 1.82) is 0 Å². The maximum absolute atomic E-state index is 13.4. The van der Waals surface area contributed by atoms with Crippen LogP contribution in [0.5, 0.6) is 0 Å². The van der Waals surface area contributed by atoms with Crippen LogP contribution in [-0.4, -0.2) is 67.0 Å². The van der Waals surface area contributed by atoms with Crippen molar-refractivity contribution in [3.63, 3.8) is 0 Å². The van der Waals surface area contributed by atoms with E-state index in [0.29, 0.717) is 11.8 Å². The Morgan fingerprint density at radius 2 is 1.21 bits per heavy atom. The molecule has 292 valence electrons. The number of aromatic amines is 1. The first kappa shape index (κ1) is 36.7. The quantitative estimate of drug-likeness (QED) is 0.219. The van der Waals surface area contributed by atoms with E-state index in [1.165, 1.54) is 23.8 Å². The number of nitrogens with one attached hydrogen (secondary N) is 1. The van der Waals surface area contributed by atoms with E-state index in [1.54, 1.807) is 0 Å². The van der Waals surface area contributed by atoms with Crippen LogP contribution in [0.1, 0.15) is 117 Å². The van der Waals surface area contributed by atoms with Crippen LogP contribution in [0.15, 0.2) is 78.1 Å². The molecule has 1 aromatic heterocycles. The number of benzene rings is 3. The van der Waals surface area contributed by atoms with Gasteiger partial charge in [-0.25, -0.2) is 14.6 Å². The van der Waals surface area contributed by atoms with Gasteiger partial charge in [-0.05, 0) is 137 Å². The highest BCUT2D eigenvalue weighted by Crippen LogP contribution is 2.48. The van der Waals surface area contributed by atoms with Crippen LogP contribution in [0, 0.1) is 11.8 Å². The molecule has 0 bridgehead atoms. The van der Waals surface area contributed by atoms with Gasteiger partial charge in [-0.1, -0.05) is 61.4 Å². The normalized spacial score (nSPS) is 26.0. The van der Waals surface area contributed by atoms with Crippen LogP contribution in [0.4, 0.5) is 9.59 Å². The number of hydrogen-bond donors (Lipinski definition) is 1. The first-order chi connectivity index (χ1) is 26.8. The maximum Gasteiger partial charge on any atom is 0.411 e. The largest absolute Gasteiger partial charge is 0.444 e. The molecule has 4 fully saturated rings. The molecule has 2 saturated carbocycles. The lowest BCUT2D eigenvalue weighted by Gasteiger charge is -2.32. The average Bonchev–Trinajstić information content (AvgIpc) is 3.99. The second-order valence-electron chi connectivity index (χ2n) is 18.8. The minimum atomic E-state index is -0.543. The number of fused-ring (bicyclic) bond motifs is 3. The van der Waals surface area contributed by atoms with Gasteiger partial charge in [0.25, 0.3) is 0 Å². The molecule has 3 aromatic carbocycles. The molecule has 2 saturated heterocycles. The minimum Gasteiger partial charge on any atom is -0.444 e. The van der Waals surface area contributed by atoms with Gasteiger partial charge >= 0.3 is 12.2 Å². The number of ether oxygens (including phenoxy) is 2. The Bertz CT molecular complexity index is 2220. The third-order valence-corrected chi connectivity index (χ3v) is 12.7. The summed E-state index contributed by atoms with van der Waals surface area (Å²) in [5, 5.41) is 2.32. The van der Waals surface area contributed by atoms with Crippen LogP contribution in [-0.2, 0) is 9.47 Å². The number of H-pyrrole nitrogens is 1. The predicted octanol–water partition coefficient (Wildman–Crippen LogP) is 11.1. The molecule has 2 amide bonds. The van der Waals surface area contributed by atoms with Crippen molar-refractivity contribution in [2.24, 2.45) is 16.8 Å². The Labute approximate surface area is 330 Å². The maximum atomic E-state index is 13.4. The summed E-state index contributed by atoms with van der Waals surface area (Å²) in [7, 11) is 0. The topological polar surface area (TPSA) is 100 Å². The molecule has 2 aliphatic carbocycles. The summed E-state index contributed by atoms with van der Waals surface area (Å²) in [4.78, 5) is 44.1. The molecule has 9 rings (SSSR count). The molecule has 3 aliphatic heterocycles. The van der Waals surface area contributed by atoms with Crippen LogP contribution < -0.4 is 0 Å². The zero-order valence-corrected chi connectivity index (χ0v) is 33.7. The lowest BCUT2D eigenvalue weighted by molar-refractivity contribution is 0.0128. The number of hydrogen-bond acceptors (Lipinski definition) is 6. The zero-order valence-electron chi connectivity index (χ0n) is 33.7. The highest BCUT2D eigenvalue weighted by molar-refractivity contribution is 6.03. The SMILES string of the molecule is CC(C)(C)OC(=O)N1[C@H](C2=NC=C(c3ccc(-c4ccc5cc(-c6cnc([C@@H]7C[C@@H]8CCC[C@@H]8N7C(=O)OC(C)(C)C)[nH]6)ccc5c4)cc3)C2)C[C@@H]2CCC[C@@H]21. The summed E-state index contributed by atoms with van der Waals surface area (Å²) in [5.41, 5.74) is 6.70. The van der Waals surface area contributed by atoms with Crippen molar-refractivity contribution in [2.45, 2.75) is 135 Å². The van der Waals surface area contributed by atoms with E-state index in [0.717, 1.165) is 89.8 Å². The smallest absolute Gasteiger partial charge is 0.411 e. The molecule has 1 N–H and O–H groups in total. The fraction of sp³-hybridized carbons (Fsp3) is 0.489. The Hall–Kier alpha value is -4.92. The number of carbonyl (C=O) groups excluding carboxylic acids is 2. The van der Waals surface area contributed by atoms with Gasteiger partial charge in [0.1, 0.15) is 17.0 Å². The summed E-state index contributed by atoms with van der Waals surface area (Å²) in [6.45, 7) is 11.6.